The van der Waals surface area contributed by atoms with Crippen LogP contribution in [0.1, 0.15) is 41.9 Å². The number of thioether (sulfide) groups is 1. The highest BCUT2D eigenvalue weighted by molar-refractivity contribution is 8.00. The predicted octanol–water partition coefficient (Wildman–Crippen LogP) is -1.07. The van der Waals surface area contributed by atoms with Gasteiger partial charge < -0.3 is 54.6 Å². The van der Waals surface area contributed by atoms with Crippen LogP contribution in [0.25, 0.3) is 11.0 Å². The highest BCUT2D eigenvalue weighted by Crippen LogP contribution is 2.40. The molecule has 16 nitrogen and oxygen atoms in total. The van der Waals surface area contributed by atoms with Crippen molar-refractivity contribution >= 4 is 28.6 Å². The van der Waals surface area contributed by atoms with Crippen LogP contribution in [0.4, 0.5) is 8.78 Å². The third kappa shape index (κ3) is 7.39. The summed E-state index contributed by atoms with van der Waals surface area (Å²) >= 11 is 0.678. The molecule has 1 aromatic carbocycles. The van der Waals surface area contributed by atoms with Gasteiger partial charge in [0.15, 0.2) is 17.3 Å². The molecule has 0 saturated carbocycles. The van der Waals surface area contributed by atoms with Crippen molar-refractivity contribution < 1.29 is 62.8 Å². The van der Waals surface area contributed by atoms with E-state index in [4.69, 9.17) is 18.6 Å². The molecule has 7 N–H and O–H groups in total. The fraction of sp³-hybridized carbons (Fsp3) is 0.586. The van der Waals surface area contributed by atoms with E-state index in [1.165, 1.54) is 6.20 Å². The van der Waals surface area contributed by atoms with E-state index in [1.54, 1.807) is 0 Å². The largest absolute Gasteiger partial charge is 0.422 e. The average molecular weight is 703 g/mol. The van der Waals surface area contributed by atoms with E-state index in [-0.39, 0.29) is 22.2 Å². The number of hydrogen-bond acceptors (Lipinski definition) is 15. The molecule has 0 aliphatic carbocycles. The topological polar surface area (TPSA) is 239 Å². The molecule has 2 aromatic heterocycles. The van der Waals surface area contributed by atoms with Gasteiger partial charge in [-0.25, -0.2) is 18.3 Å². The summed E-state index contributed by atoms with van der Waals surface area (Å²) in [6.45, 7) is 0.286. The molecule has 3 aromatic rings. The Morgan fingerprint density at radius 1 is 1.04 bits per heavy atom. The molecule has 4 heterocycles. The number of aliphatic hydroxyl groups excluding tert-OH is 6. The number of aliphatic hydroxyl groups is 6. The smallest absolute Gasteiger partial charge is 0.341 e. The van der Waals surface area contributed by atoms with Crippen LogP contribution in [-0.2, 0) is 20.8 Å². The molecule has 48 heavy (non-hydrogen) atoms. The normalized spacial score (nSPS) is 30.9. The number of amides is 1. The highest BCUT2D eigenvalue weighted by Gasteiger charge is 2.51. The summed E-state index contributed by atoms with van der Waals surface area (Å²) < 4.78 is 51.3. The number of fused-ring (bicyclic) bond motifs is 1. The summed E-state index contributed by atoms with van der Waals surface area (Å²) in [5, 5.41) is 74.1. The Morgan fingerprint density at radius 2 is 1.73 bits per heavy atom. The van der Waals surface area contributed by atoms with Crippen molar-refractivity contribution in [1.82, 2.24) is 20.3 Å². The number of unbranched alkanes of at least 4 members (excludes halogenated alkanes) is 1. The van der Waals surface area contributed by atoms with Gasteiger partial charge in [-0.2, -0.15) is 0 Å². The molecule has 0 bridgehead atoms. The molecule has 5 rings (SSSR count). The zero-order chi connectivity index (χ0) is 34.7. The number of aromatic nitrogens is 3. The number of carbonyl (C=O) groups excluding carboxylic acids is 1. The zero-order valence-corrected chi connectivity index (χ0v) is 26.3. The Morgan fingerprint density at radius 3 is 2.42 bits per heavy atom. The van der Waals surface area contributed by atoms with Gasteiger partial charge in [0.1, 0.15) is 65.2 Å². The maximum absolute atomic E-state index is 14.3. The molecule has 10 atom stereocenters. The minimum atomic E-state index is -1.70. The number of halogens is 2. The van der Waals surface area contributed by atoms with Gasteiger partial charge >= 0.3 is 5.63 Å². The molecular formula is C29H36F2N4O12S. The van der Waals surface area contributed by atoms with Gasteiger partial charge in [-0.15, -0.1) is 5.10 Å². The van der Waals surface area contributed by atoms with E-state index < -0.39 is 103 Å². The first-order valence-corrected chi connectivity index (χ1v) is 16.1. The molecule has 264 valence electrons. The van der Waals surface area contributed by atoms with E-state index >= 15 is 0 Å². The molecule has 5 unspecified atom stereocenters. The molecule has 2 saturated heterocycles. The van der Waals surface area contributed by atoms with E-state index in [1.807, 2.05) is 6.92 Å². The van der Waals surface area contributed by atoms with Crippen molar-refractivity contribution in [1.29, 1.82) is 0 Å². The Bertz CT molecular complexity index is 1630. The number of rotatable bonds is 12. The van der Waals surface area contributed by atoms with Crippen molar-refractivity contribution in [2.24, 2.45) is 0 Å². The van der Waals surface area contributed by atoms with Gasteiger partial charge in [0, 0.05) is 6.54 Å². The van der Waals surface area contributed by atoms with Gasteiger partial charge in [-0.3, -0.25) is 4.79 Å². The average Bonchev–Trinajstić information content (AvgIpc) is 3.55. The summed E-state index contributed by atoms with van der Waals surface area (Å²) in [6, 6.07) is 1.61. The number of nitrogens with zero attached hydrogens (tertiary/aromatic N) is 3. The van der Waals surface area contributed by atoms with Crippen LogP contribution in [0, 0.1) is 11.6 Å². The molecule has 0 radical (unpaired) electrons. The third-order valence-corrected chi connectivity index (χ3v) is 9.43. The van der Waals surface area contributed by atoms with Crippen LogP contribution in [0.3, 0.4) is 0 Å². The summed E-state index contributed by atoms with van der Waals surface area (Å²) in [6.07, 6.45) is -7.79. The van der Waals surface area contributed by atoms with Crippen LogP contribution in [0.5, 0.6) is 0 Å². The number of benzene rings is 1. The quantitative estimate of drug-likeness (QED) is 0.0879. The van der Waals surface area contributed by atoms with Crippen LogP contribution in [0.2, 0.25) is 0 Å². The van der Waals surface area contributed by atoms with Gasteiger partial charge in [0.2, 0.25) is 0 Å². The predicted molar refractivity (Wildman–Crippen MR) is 160 cm³/mol. The number of nitrogens with one attached hydrogen (secondary N) is 1. The summed E-state index contributed by atoms with van der Waals surface area (Å²) in [5.74, 6) is -2.95. The third-order valence-electron chi connectivity index (χ3n) is 8.11. The van der Waals surface area contributed by atoms with Gasteiger partial charge in [0.25, 0.3) is 5.91 Å². The van der Waals surface area contributed by atoms with Gasteiger partial charge in [0.05, 0.1) is 37.0 Å². The molecule has 2 aliphatic heterocycles. The lowest BCUT2D eigenvalue weighted by Crippen LogP contribution is -2.60. The maximum atomic E-state index is 14.3. The van der Waals surface area contributed by atoms with Crippen LogP contribution in [0.15, 0.2) is 33.6 Å². The molecule has 2 aliphatic rings. The lowest BCUT2D eigenvalue weighted by Gasteiger charge is -2.46. The van der Waals surface area contributed by atoms with Crippen molar-refractivity contribution in [2.75, 3.05) is 19.8 Å². The van der Waals surface area contributed by atoms with Crippen LogP contribution < -0.4 is 10.9 Å². The molecule has 1 amide bonds. The molecule has 19 heteroatoms. The Hall–Kier alpha value is -3.11. The second-order valence-electron chi connectivity index (χ2n) is 11.3. The monoisotopic (exact) mass is 702 g/mol. The highest BCUT2D eigenvalue weighted by atomic mass is 32.2. The fourth-order valence-electron chi connectivity index (χ4n) is 5.44. The first-order valence-electron chi connectivity index (χ1n) is 15.1. The summed E-state index contributed by atoms with van der Waals surface area (Å²) in [7, 11) is 0. The minimum Gasteiger partial charge on any atom is -0.422 e. The van der Waals surface area contributed by atoms with Crippen LogP contribution in [-0.4, -0.2) is 125 Å². The molecule has 2 fully saturated rings. The summed E-state index contributed by atoms with van der Waals surface area (Å²) in [5.41, 5.74) is -4.20. The second-order valence-corrected chi connectivity index (χ2v) is 12.5. The Kier molecular flexibility index (Phi) is 11.8. The first kappa shape index (κ1) is 36.2. The van der Waals surface area contributed by atoms with Crippen molar-refractivity contribution in [2.45, 2.75) is 86.0 Å². The number of ether oxygens (including phenoxy) is 3. The SMILES string of the molecule is CCCCNC(=O)c1cn([C@@H]2C(O)[C@H](SC3O[C@H](CO)C(O)C(OCc4cc5c(F)c(F)ccc5oc4=O)[C@H]3O)OC(CO)[C@@H]2O)nn1. The summed E-state index contributed by atoms with van der Waals surface area (Å²) in [4.78, 5) is 25.0. The lowest BCUT2D eigenvalue weighted by molar-refractivity contribution is -0.225. The van der Waals surface area contributed by atoms with E-state index in [9.17, 15) is 49.0 Å². The molecular weight excluding hydrogens is 666 g/mol. The van der Waals surface area contributed by atoms with Crippen LogP contribution >= 0.6 is 11.8 Å². The van der Waals surface area contributed by atoms with Gasteiger partial charge in [-0.05, 0) is 24.6 Å². The second kappa shape index (κ2) is 15.6. The van der Waals surface area contributed by atoms with Crippen molar-refractivity contribution in [3.63, 3.8) is 0 Å². The zero-order valence-electron chi connectivity index (χ0n) is 25.5. The van der Waals surface area contributed by atoms with Crippen molar-refractivity contribution in [3.05, 3.63) is 57.7 Å². The lowest BCUT2D eigenvalue weighted by atomic mass is 9.97. The Balaban J connectivity index is 1.33. The fourth-order valence-corrected chi connectivity index (χ4v) is 6.76. The molecule has 0 spiro atoms. The number of carbonyl (C=O) groups is 1. The van der Waals surface area contributed by atoms with Gasteiger partial charge in [-0.1, -0.05) is 30.3 Å². The van der Waals surface area contributed by atoms with E-state index in [0.29, 0.717) is 18.3 Å². The number of hydrogen-bond donors (Lipinski definition) is 7. The van der Waals surface area contributed by atoms with Crippen molar-refractivity contribution in [3.8, 4) is 0 Å². The maximum Gasteiger partial charge on any atom is 0.341 e. The Labute approximate surface area is 275 Å². The first-order chi connectivity index (χ1) is 23.0. The van der Waals surface area contributed by atoms with E-state index in [0.717, 1.165) is 35.7 Å². The van der Waals surface area contributed by atoms with E-state index in [2.05, 4.69) is 15.6 Å². The standard InChI is InChI=1S/C29H36F2N4O12S/c1-2-3-6-32-26(42)15-8-35(34-33-15)20-21(38)17(9-36)46-28(23(20)40)48-29-24(41)25(22(39)18(10-37)47-29)44-11-12-7-13-16(45-27(12)43)5-4-14(30)19(13)31/h4-5,7-8,17-18,20-25,28-29,36-41H,2-3,6,9-11H2,1H3,(H,32,42)/t17?,18-,20+,21+,22?,23?,24-,25?,28+,29?/m1/s1. The minimum absolute atomic E-state index is 0.0825.